The second kappa shape index (κ2) is 7.57. The summed E-state index contributed by atoms with van der Waals surface area (Å²) in [5.41, 5.74) is 1.67. The van der Waals surface area contributed by atoms with Gasteiger partial charge in [-0.15, -0.1) is 0 Å². The third-order valence-electron chi connectivity index (χ3n) is 2.86. The van der Waals surface area contributed by atoms with Crippen LogP contribution in [0.15, 0.2) is 54.6 Å². The van der Waals surface area contributed by atoms with Gasteiger partial charge in [-0.25, -0.2) is 0 Å². The van der Waals surface area contributed by atoms with Crippen molar-refractivity contribution in [1.29, 1.82) is 0 Å². The van der Waals surface area contributed by atoms with Gasteiger partial charge in [-0.2, -0.15) is 0 Å². The van der Waals surface area contributed by atoms with Crippen LogP contribution in [-0.4, -0.2) is 11.8 Å². The van der Waals surface area contributed by atoms with Gasteiger partial charge in [0.05, 0.1) is 6.42 Å². The summed E-state index contributed by atoms with van der Waals surface area (Å²) in [5.74, 6) is 0.0957. The fourth-order valence-corrected chi connectivity index (χ4v) is 2.05. The van der Waals surface area contributed by atoms with Gasteiger partial charge in [0.1, 0.15) is 5.75 Å². The van der Waals surface area contributed by atoms with Crippen molar-refractivity contribution in [1.82, 2.24) is 0 Å². The van der Waals surface area contributed by atoms with E-state index in [1.54, 1.807) is 48.5 Å². The summed E-state index contributed by atoms with van der Waals surface area (Å²) in [6, 6.07) is 14.0. The summed E-state index contributed by atoms with van der Waals surface area (Å²) >= 11 is 5.88. The van der Waals surface area contributed by atoms with Crippen LogP contribution in [0.5, 0.6) is 5.75 Å². The average molecular weight is 315 g/mol. The molecule has 0 atom stereocenters. The summed E-state index contributed by atoms with van der Waals surface area (Å²) < 4.78 is 5.27. The molecule has 0 saturated carbocycles. The van der Waals surface area contributed by atoms with E-state index in [0.29, 0.717) is 10.8 Å². The first kappa shape index (κ1) is 16.0. The van der Waals surface area contributed by atoms with Crippen LogP contribution in [0.1, 0.15) is 18.1 Å². The lowest BCUT2D eigenvalue weighted by atomic mass is 10.1. The molecule has 22 heavy (non-hydrogen) atoms. The molecule has 0 aliphatic rings. The highest BCUT2D eigenvalue weighted by atomic mass is 35.5. The number of benzene rings is 2. The van der Waals surface area contributed by atoms with E-state index in [2.05, 4.69) is 0 Å². The Morgan fingerprint density at radius 3 is 2.50 bits per heavy atom. The molecule has 0 unspecified atom stereocenters. The zero-order chi connectivity index (χ0) is 15.9. The Bertz CT molecular complexity index is 703. The minimum Gasteiger partial charge on any atom is -0.426 e. The van der Waals surface area contributed by atoms with E-state index in [-0.39, 0.29) is 18.2 Å². The van der Waals surface area contributed by atoms with Gasteiger partial charge in [-0.05, 0) is 48.4 Å². The van der Waals surface area contributed by atoms with Gasteiger partial charge in [0.25, 0.3) is 0 Å². The fraction of sp³-hybridized carbons (Fsp3) is 0.111. The van der Waals surface area contributed by atoms with Crippen molar-refractivity contribution in [3.8, 4) is 5.75 Å². The van der Waals surface area contributed by atoms with E-state index in [0.717, 1.165) is 11.1 Å². The Morgan fingerprint density at radius 2 is 1.86 bits per heavy atom. The first-order valence-electron chi connectivity index (χ1n) is 6.77. The van der Waals surface area contributed by atoms with Crippen LogP contribution in [-0.2, 0) is 16.0 Å². The van der Waals surface area contributed by atoms with Crippen molar-refractivity contribution < 1.29 is 14.3 Å². The maximum absolute atomic E-state index is 11.9. The molecule has 2 aromatic carbocycles. The number of ketones is 1. The van der Waals surface area contributed by atoms with E-state index >= 15 is 0 Å². The monoisotopic (exact) mass is 314 g/mol. The quantitative estimate of drug-likeness (QED) is 0.474. The molecule has 112 valence electrons. The van der Waals surface area contributed by atoms with Crippen molar-refractivity contribution in [2.24, 2.45) is 0 Å². The average Bonchev–Trinajstić information content (AvgIpc) is 2.46. The first-order valence-corrected chi connectivity index (χ1v) is 7.14. The van der Waals surface area contributed by atoms with E-state index in [4.69, 9.17) is 16.3 Å². The lowest BCUT2D eigenvalue weighted by Crippen LogP contribution is -2.11. The molecule has 2 aromatic rings. The van der Waals surface area contributed by atoms with Crippen LogP contribution in [0, 0.1) is 0 Å². The standard InChI is InChI=1S/C18H15ClO3/c1-13(20)5-6-14-7-9-17(10-8-14)22-18(21)12-15-3-2-4-16(19)11-15/h2-11H,12H2,1H3/b6-5+. The maximum atomic E-state index is 11.9. The van der Waals surface area contributed by atoms with Crippen molar-refractivity contribution >= 4 is 29.4 Å². The van der Waals surface area contributed by atoms with Gasteiger partial charge in [0.2, 0.25) is 0 Å². The number of ether oxygens (including phenoxy) is 1. The van der Waals surface area contributed by atoms with Gasteiger partial charge in [-0.1, -0.05) is 41.9 Å². The van der Waals surface area contributed by atoms with E-state index in [1.165, 1.54) is 13.0 Å². The minimum absolute atomic E-state index is 0.0166. The van der Waals surface area contributed by atoms with Gasteiger partial charge in [0, 0.05) is 5.02 Å². The molecule has 0 aromatic heterocycles. The van der Waals surface area contributed by atoms with Gasteiger partial charge >= 0.3 is 5.97 Å². The highest BCUT2D eigenvalue weighted by molar-refractivity contribution is 6.30. The Hall–Kier alpha value is -2.39. The molecule has 0 fully saturated rings. The highest BCUT2D eigenvalue weighted by Crippen LogP contribution is 2.15. The Labute approximate surface area is 134 Å². The fourth-order valence-electron chi connectivity index (χ4n) is 1.84. The Balaban J connectivity index is 1.95. The number of allylic oxidation sites excluding steroid dienone is 1. The molecule has 0 heterocycles. The second-order valence-electron chi connectivity index (χ2n) is 4.79. The normalized spacial score (nSPS) is 10.6. The molecule has 0 aliphatic carbocycles. The maximum Gasteiger partial charge on any atom is 0.315 e. The summed E-state index contributed by atoms with van der Waals surface area (Å²) in [4.78, 5) is 22.7. The third-order valence-corrected chi connectivity index (χ3v) is 3.09. The van der Waals surface area contributed by atoms with E-state index in [9.17, 15) is 9.59 Å². The zero-order valence-corrected chi connectivity index (χ0v) is 12.8. The molecule has 0 amide bonds. The lowest BCUT2D eigenvalue weighted by Gasteiger charge is -2.05. The molecule has 0 saturated heterocycles. The number of halogens is 1. The summed E-state index contributed by atoms with van der Waals surface area (Å²) in [7, 11) is 0. The SMILES string of the molecule is CC(=O)/C=C/c1ccc(OC(=O)Cc2cccc(Cl)c2)cc1. The first-order chi connectivity index (χ1) is 10.5. The van der Waals surface area contributed by atoms with Gasteiger partial charge in [0.15, 0.2) is 5.78 Å². The van der Waals surface area contributed by atoms with Crippen LogP contribution < -0.4 is 4.74 Å². The highest BCUT2D eigenvalue weighted by Gasteiger charge is 2.06. The van der Waals surface area contributed by atoms with Crippen molar-refractivity contribution in [2.75, 3.05) is 0 Å². The zero-order valence-electron chi connectivity index (χ0n) is 12.1. The number of esters is 1. The third kappa shape index (κ3) is 5.19. The summed E-state index contributed by atoms with van der Waals surface area (Å²) in [5, 5.41) is 0.590. The van der Waals surface area contributed by atoms with Crippen molar-refractivity contribution in [3.63, 3.8) is 0 Å². The van der Waals surface area contributed by atoms with Gasteiger partial charge < -0.3 is 4.74 Å². The Kier molecular flexibility index (Phi) is 5.50. The van der Waals surface area contributed by atoms with Crippen LogP contribution in [0.25, 0.3) is 6.08 Å². The lowest BCUT2D eigenvalue weighted by molar-refractivity contribution is -0.133. The van der Waals surface area contributed by atoms with E-state index < -0.39 is 0 Å². The number of hydrogen-bond donors (Lipinski definition) is 0. The van der Waals surface area contributed by atoms with Crippen LogP contribution in [0.2, 0.25) is 5.02 Å². The molecular weight excluding hydrogens is 300 g/mol. The van der Waals surface area contributed by atoms with Crippen molar-refractivity contribution in [2.45, 2.75) is 13.3 Å². The Morgan fingerprint density at radius 1 is 1.14 bits per heavy atom. The summed E-state index contributed by atoms with van der Waals surface area (Å²) in [6.07, 6.45) is 3.35. The molecule has 3 nitrogen and oxygen atoms in total. The van der Waals surface area contributed by atoms with Crippen LogP contribution in [0.3, 0.4) is 0 Å². The van der Waals surface area contributed by atoms with Gasteiger partial charge in [-0.3, -0.25) is 9.59 Å². The minimum atomic E-state index is -0.353. The molecular formula is C18H15ClO3. The van der Waals surface area contributed by atoms with E-state index in [1.807, 2.05) is 6.07 Å². The predicted octanol–water partition coefficient (Wildman–Crippen LogP) is 4.09. The van der Waals surface area contributed by atoms with Crippen LogP contribution >= 0.6 is 11.6 Å². The number of hydrogen-bond acceptors (Lipinski definition) is 3. The number of rotatable bonds is 5. The second-order valence-corrected chi connectivity index (χ2v) is 5.23. The van der Waals surface area contributed by atoms with Crippen molar-refractivity contribution in [3.05, 3.63) is 70.8 Å². The topological polar surface area (TPSA) is 43.4 Å². The molecule has 4 heteroatoms. The molecule has 2 rings (SSSR count). The number of carbonyl (C=O) groups excluding carboxylic acids is 2. The molecule has 0 N–H and O–H groups in total. The molecule has 0 spiro atoms. The molecule has 0 radical (unpaired) electrons. The van der Waals surface area contributed by atoms with Crippen LogP contribution in [0.4, 0.5) is 0 Å². The summed E-state index contributed by atoms with van der Waals surface area (Å²) in [6.45, 7) is 1.49. The predicted molar refractivity (Wildman–Crippen MR) is 86.9 cm³/mol. The molecule has 0 bridgehead atoms. The smallest absolute Gasteiger partial charge is 0.315 e. The molecule has 0 aliphatic heterocycles. The number of carbonyl (C=O) groups is 2. The largest absolute Gasteiger partial charge is 0.426 e.